The highest BCUT2D eigenvalue weighted by molar-refractivity contribution is 7.92. The van der Waals surface area contributed by atoms with Crippen molar-refractivity contribution in [3.8, 4) is 0 Å². The van der Waals surface area contributed by atoms with Gasteiger partial charge in [-0.3, -0.25) is 0 Å². The Morgan fingerprint density at radius 1 is 1.29 bits per heavy atom. The first kappa shape index (κ1) is 18.6. The molecule has 0 aromatic carbocycles. The van der Waals surface area contributed by atoms with E-state index >= 15 is 0 Å². The van der Waals surface area contributed by atoms with Gasteiger partial charge >= 0.3 is 7.12 Å². The van der Waals surface area contributed by atoms with Crippen LogP contribution < -0.4 is 10.2 Å². The van der Waals surface area contributed by atoms with Crippen LogP contribution in [0.3, 0.4) is 0 Å². The molecule has 8 heteroatoms. The second-order valence-corrected chi connectivity index (χ2v) is 9.16. The smallest absolute Gasteiger partial charge is 0.423 e. The molecule has 21 heavy (non-hydrogen) atoms. The Bertz CT molecular complexity index is 561. The average Bonchev–Trinajstić information content (AvgIpc) is 2.71. The molecular weight excluding hydrogens is 309 g/mol. The lowest BCUT2D eigenvalue weighted by Crippen LogP contribution is -2.43. The van der Waals surface area contributed by atoms with Gasteiger partial charge in [0.15, 0.2) is 0 Å². The second-order valence-electron chi connectivity index (χ2n) is 6.14. The van der Waals surface area contributed by atoms with Gasteiger partial charge in [0, 0.05) is 15.9 Å². The molecule has 0 bridgehead atoms. The summed E-state index contributed by atoms with van der Waals surface area (Å²) in [5.41, 5.74) is -0.564. The van der Waals surface area contributed by atoms with E-state index in [4.69, 9.17) is 0 Å². The molecule has 0 unspecified atom stereocenters. The van der Waals surface area contributed by atoms with Crippen molar-refractivity contribution in [1.82, 2.24) is 4.72 Å². The fraction of sp³-hybridized carbons (Fsp3) is 0.692. The Morgan fingerprint density at radius 3 is 2.38 bits per heavy atom. The van der Waals surface area contributed by atoms with Crippen LogP contribution in [0.1, 0.15) is 51.8 Å². The van der Waals surface area contributed by atoms with Crippen molar-refractivity contribution in [2.75, 3.05) is 0 Å². The molecule has 0 saturated heterocycles. The molecular formula is C13H24BNO4S2. The molecule has 0 aliphatic heterocycles. The monoisotopic (exact) mass is 333 g/mol. The van der Waals surface area contributed by atoms with E-state index in [9.17, 15) is 18.5 Å². The number of hydrogen-bond donors (Lipinski definition) is 3. The average molecular weight is 333 g/mol. The topological polar surface area (TPSA) is 86.6 Å². The summed E-state index contributed by atoms with van der Waals surface area (Å²) in [6, 6.07) is 1.59. The van der Waals surface area contributed by atoms with Gasteiger partial charge in [-0.25, -0.2) is 13.1 Å². The van der Waals surface area contributed by atoms with Crippen molar-refractivity contribution in [3.05, 3.63) is 10.9 Å². The Balaban J connectivity index is 3.09. The molecule has 0 radical (unpaired) electrons. The van der Waals surface area contributed by atoms with Crippen molar-refractivity contribution >= 4 is 33.9 Å². The van der Waals surface area contributed by atoms with Crippen LogP contribution in [-0.2, 0) is 16.4 Å². The molecule has 0 amide bonds. The molecule has 0 saturated carbocycles. The van der Waals surface area contributed by atoms with E-state index in [1.165, 1.54) is 0 Å². The van der Waals surface area contributed by atoms with Gasteiger partial charge in [0.2, 0.25) is 10.0 Å². The van der Waals surface area contributed by atoms with E-state index in [1.54, 1.807) is 26.8 Å². The molecule has 120 valence electrons. The summed E-state index contributed by atoms with van der Waals surface area (Å²) in [6.07, 6.45) is 3.86. The summed E-state index contributed by atoms with van der Waals surface area (Å²) in [5.74, 6) is 0. The number of nitrogens with one attached hydrogen (secondary N) is 1. The SMILES string of the molecule is CCCCCc1cc(B(O)O)c(S(=O)(=O)NC(C)(C)C)s1. The number of aryl methyl sites for hydroxylation is 1. The molecule has 5 nitrogen and oxygen atoms in total. The maximum absolute atomic E-state index is 12.4. The summed E-state index contributed by atoms with van der Waals surface area (Å²) in [4.78, 5) is 0.862. The van der Waals surface area contributed by atoms with Gasteiger partial charge in [0.1, 0.15) is 4.21 Å². The molecule has 0 aliphatic rings. The Morgan fingerprint density at radius 2 is 1.90 bits per heavy atom. The second kappa shape index (κ2) is 7.24. The van der Waals surface area contributed by atoms with E-state index in [0.717, 1.165) is 41.9 Å². The van der Waals surface area contributed by atoms with Crippen LogP contribution in [0, 0.1) is 0 Å². The lowest BCUT2D eigenvalue weighted by Gasteiger charge is -2.20. The van der Waals surface area contributed by atoms with E-state index in [2.05, 4.69) is 11.6 Å². The largest absolute Gasteiger partial charge is 0.490 e. The summed E-state index contributed by atoms with van der Waals surface area (Å²) in [5, 5.41) is 18.8. The fourth-order valence-electron chi connectivity index (χ4n) is 1.95. The van der Waals surface area contributed by atoms with Gasteiger partial charge in [-0.05, 0) is 39.7 Å². The van der Waals surface area contributed by atoms with Gasteiger partial charge in [-0.15, -0.1) is 11.3 Å². The van der Waals surface area contributed by atoms with Crippen LogP contribution in [0.25, 0.3) is 0 Å². The van der Waals surface area contributed by atoms with Gasteiger partial charge in [0.05, 0.1) is 0 Å². The molecule has 3 N–H and O–H groups in total. The minimum absolute atomic E-state index is 0.000997. The summed E-state index contributed by atoms with van der Waals surface area (Å²) in [7, 11) is -5.54. The van der Waals surface area contributed by atoms with Crippen LogP contribution >= 0.6 is 11.3 Å². The third-order valence-corrected chi connectivity index (χ3v) is 6.28. The third kappa shape index (κ3) is 5.71. The van der Waals surface area contributed by atoms with Crippen LogP contribution in [0.5, 0.6) is 0 Å². The van der Waals surface area contributed by atoms with E-state index in [0.29, 0.717) is 0 Å². The number of unbranched alkanes of at least 4 members (excludes halogenated alkanes) is 2. The van der Waals surface area contributed by atoms with Crippen LogP contribution in [0.2, 0.25) is 0 Å². The highest BCUT2D eigenvalue weighted by Gasteiger charge is 2.31. The molecule has 0 spiro atoms. The Labute approximate surface area is 131 Å². The fourth-order valence-corrected chi connectivity index (χ4v) is 5.16. The minimum atomic E-state index is -3.75. The lowest BCUT2D eigenvalue weighted by molar-refractivity contribution is 0.424. The number of sulfonamides is 1. The lowest BCUT2D eigenvalue weighted by atomic mass is 9.82. The molecule has 1 aromatic rings. The van der Waals surface area contributed by atoms with Crippen molar-refractivity contribution < 1.29 is 18.5 Å². The standard InChI is InChI=1S/C13H24BNO4S2/c1-5-6-7-8-10-9-11(14(16)17)12(20-10)21(18,19)15-13(2,3)4/h9,15-17H,5-8H2,1-4H3. The Hall–Kier alpha value is -0.405. The van der Waals surface area contributed by atoms with Gasteiger partial charge in [0.25, 0.3) is 0 Å². The van der Waals surface area contributed by atoms with Crippen molar-refractivity contribution in [2.45, 2.75) is 63.1 Å². The molecule has 0 fully saturated rings. The highest BCUT2D eigenvalue weighted by atomic mass is 32.2. The first-order valence-electron chi connectivity index (χ1n) is 7.09. The van der Waals surface area contributed by atoms with Crippen LogP contribution in [0.15, 0.2) is 10.3 Å². The summed E-state index contributed by atoms with van der Waals surface area (Å²) >= 11 is 1.12. The van der Waals surface area contributed by atoms with Crippen molar-refractivity contribution in [3.63, 3.8) is 0 Å². The predicted octanol–water partition coefficient (Wildman–Crippen LogP) is 1.24. The summed E-state index contributed by atoms with van der Waals surface area (Å²) < 4.78 is 27.3. The minimum Gasteiger partial charge on any atom is -0.423 e. The number of rotatable bonds is 7. The maximum atomic E-state index is 12.4. The zero-order valence-electron chi connectivity index (χ0n) is 13.0. The normalized spacial score (nSPS) is 12.7. The van der Waals surface area contributed by atoms with E-state index < -0.39 is 22.7 Å². The first-order valence-corrected chi connectivity index (χ1v) is 9.39. The zero-order chi connectivity index (χ0) is 16.3. The number of thiophene rings is 1. The van der Waals surface area contributed by atoms with Crippen LogP contribution in [0.4, 0.5) is 0 Å². The third-order valence-electron chi connectivity index (χ3n) is 2.77. The van der Waals surface area contributed by atoms with Gasteiger partial charge < -0.3 is 10.0 Å². The number of hydrogen-bond acceptors (Lipinski definition) is 5. The first-order chi connectivity index (χ1) is 9.57. The quantitative estimate of drug-likeness (QED) is 0.518. The maximum Gasteiger partial charge on any atom is 0.490 e. The van der Waals surface area contributed by atoms with Crippen molar-refractivity contribution in [1.29, 1.82) is 0 Å². The van der Waals surface area contributed by atoms with Gasteiger partial charge in [-0.1, -0.05) is 19.8 Å². The molecule has 0 aliphatic carbocycles. The molecule has 1 aromatic heterocycles. The Kier molecular flexibility index (Phi) is 6.43. The van der Waals surface area contributed by atoms with Crippen molar-refractivity contribution in [2.24, 2.45) is 0 Å². The zero-order valence-corrected chi connectivity index (χ0v) is 14.6. The molecule has 1 heterocycles. The predicted molar refractivity (Wildman–Crippen MR) is 87.4 cm³/mol. The van der Waals surface area contributed by atoms with Crippen LogP contribution in [-0.4, -0.2) is 31.1 Å². The highest BCUT2D eigenvalue weighted by Crippen LogP contribution is 2.23. The van der Waals surface area contributed by atoms with Gasteiger partial charge in [-0.2, -0.15) is 0 Å². The van der Waals surface area contributed by atoms with E-state index in [1.807, 2.05) is 0 Å². The van der Waals surface area contributed by atoms with E-state index in [-0.39, 0.29) is 9.67 Å². The molecule has 0 atom stereocenters. The summed E-state index contributed by atoms with van der Waals surface area (Å²) in [6.45, 7) is 7.33. The molecule has 1 rings (SSSR count).